The van der Waals surface area contributed by atoms with E-state index in [1.807, 2.05) is 0 Å². The Morgan fingerprint density at radius 1 is 1.19 bits per heavy atom. The highest BCUT2D eigenvalue weighted by Crippen LogP contribution is 2.28. The number of alkyl halides is 3. The van der Waals surface area contributed by atoms with Crippen LogP contribution in [0.3, 0.4) is 0 Å². The van der Waals surface area contributed by atoms with Gasteiger partial charge in [0.1, 0.15) is 11.7 Å². The van der Waals surface area contributed by atoms with Crippen molar-refractivity contribution < 1.29 is 18.0 Å². The van der Waals surface area contributed by atoms with Crippen LogP contribution in [-0.2, 0) is 11.0 Å². The summed E-state index contributed by atoms with van der Waals surface area (Å²) in [5.74, 6) is -1.07. The highest BCUT2D eigenvalue weighted by Gasteiger charge is 2.33. The fourth-order valence-electron chi connectivity index (χ4n) is 1.68. The first kappa shape index (κ1) is 14.8. The van der Waals surface area contributed by atoms with Gasteiger partial charge in [-0.3, -0.25) is 4.79 Å². The van der Waals surface area contributed by atoms with E-state index >= 15 is 0 Å². The van der Waals surface area contributed by atoms with Gasteiger partial charge in [0, 0.05) is 6.20 Å². The van der Waals surface area contributed by atoms with Gasteiger partial charge < -0.3 is 11.1 Å². The van der Waals surface area contributed by atoms with Gasteiger partial charge in [-0.1, -0.05) is 30.3 Å². The molecule has 5 nitrogen and oxygen atoms in total. The maximum absolute atomic E-state index is 12.6. The number of carbonyl (C=O) groups excluding carboxylic acids is 1. The van der Waals surface area contributed by atoms with E-state index in [1.165, 1.54) is 0 Å². The molecule has 8 heteroatoms. The first-order valence-electron chi connectivity index (χ1n) is 5.89. The minimum Gasteiger partial charge on any atom is -0.368 e. The standard InChI is InChI=1S/C13H11F3N4O/c14-13(15,16)9-6-7-18-12(19-9)20-10(11(17)21)8-4-2-1-3-5-8/h1-7,10H,(H2,17,21)(H,18,19,20)/t10-/m1/s1. The molecule has 1 amide bonds. The van der Waals surface area contributed by atoms with E-state index in [4.69, 9.17) is 5.73 Å². The Labute approximate surface area is 118 Å². The number of halogens is 3. The maximum atomic E-state index is 12.6. The number of hydrogen-bond donors (Lipinski definition) is 2. The van der Waals surface area contributed by atoms with Crippen LogP contribution in [0.25, 0.3) is 0 Å². The second-order valence-electron chi connectivity index (χ2n) is 4.15. The van der Waals surface area contributed by atoms with E-state index in [-0.39, 0.29) is 5.95 Å². The fourth-order valence-corrected chi connectivity index (χ4v) is 1.68. The lowest BCUT2D eigenvalue weighted by molar-refractivity contribution is -0.141. The number of benzene rings is 1. The molecule has 3 N–H and O–H groups in total. The summed E-state index contributed by atoms with van der Waals surface area (Å²) < 4.78 is 37.7. The van der Waals surface area contributed by atoms with Crippen molar-refractivity contribution in [2.45, 2.75) is 12.2 Å². The zero-order valence-corrected chi connectivity index (χ0v) is 10.6. The van der Waals surface area contributed by atoms with Crippen molar-refractivity contribution in [2.75, 3.05) is 5.32 Å². The van der Waals surface area contributed by atoms with Crippen LogP contribution in [0, 0.1) is 0 Å². The second kappa shape index (κ2) is 5.78. The van der Waals surface area contributed by atoms with Gasteiger partial charge in [0.2, 0.25) is 11.9 Å². The lowest BCUT2D eigenvalue weighted by atomic mass is 10.1. The summed E-state index contributed by atoms with van der Waals surface area (Å²) in [4.78, 5) is 18.5. The van der Waals surface area contributed by atoms with Crippen LogP contribution in [0.5, 0.6) is 0 Å². The predicted molar refractivity (Wildman–Crippen MR) is 69.0 cm³/mol. The number of rotatable bonds is 4. The van der Waals surface area contributed by atoms with Crippen LogP contribution in [0.15, 0.2) is 42.6 Å². The summed E-state index contributed by atoms with van der Waals surface area (Å²) in [6.07, 6.45) is -3.63. The molecule has 1 atom stereocenters. The summed E-state index contributed by atoms with van der Waals surface area (Å²) in [5, 5.41) is 2.51. The second-order valence-corrected chi connectivity index (χ2v) is 4.15. The van der Waals surface area contributed by atoms with Crippen molar-refractivity contribution in [3.05, 3.63) is 53.9 Å². The van der Waals surface area contributed by atoms with Gasteiger partial charge in [0.25, 0.3) is 0 Å². The molecule has 2 rings (SSSR count). The predicted octanol–water partition coefficient (Wildman–Crippen LogP) is 2.13. The summed E-state index contributed by atoms with van der Waals surface area (Å²) in [6, 6.07) is 8.07. The normalized spacial score (nSPS) is 12.7. The Hall–Kier alpha value is -2.64. The summed E-state index contributed by atoms with van der Waals surface area (Å²) in [7, 11) is 0. The molecule has 21 heavy (non-hydrogen) atoms. The van der Waals surface area contributed by atoms with Gasteiger partial charge in [-0.2, -0.15) is 13.2 Å². The first-order chi connectivity index (χ1) is 9.88. The highest BCUT2D eigenvalue weighted by atomic mass is 19.4. The molecular weight excluding hydrogens is 285 g/mol. The molecule has 1 aromatic carbocycles. The monoisotopic (exact) mass is 296 g/mol. The summed E-state index contributed by atoms with van der Waals surface area (Å²) in [5.41, 5.74) is 4.67. The lowest BCUT2D eigenvalue weighted by Gasteiger charge is -2.16. The van der Waals surface area contributed by atoms with Crippen molar-refractivity contribution in [1.29, 1.82) is 0 Å². The zero-order valence-electron chi connectivity index (χ0n) is 10.6. The van der Waals surface area contributed by atoms with Gasteiger partial charge in [-0.05, 0) is 11.6 Å². The van der Waals surface area contributed by atoms with E-state index in [0.29, 0.717) is 5.56 Å². The number of nitrogens with one attached hydrogen (secondary N) is 1. The molecule has 0 unspecified atom stereocenters. The Balaban J connectivity index is 2.28. The molecule has 0 bridgehead atoms. The van der Waals surface area contributed by atoms with Crippen molar-refractivity contribution in [3.8, 4) is 0 Å². The van der Waals surface area contributed by atoms with Crippen LogP contribution in [-0.4, -0.2) is 15.9 Å². The number of hydrogen-bond acceptors (Lipinski definition) is 4. The minimum absolute atomic E-state index is 0.322. The van der Waals surface area contributed by atoms with Crippen LogP contribution < -0.4 is 11.1 Å². The van der Waals surface area contributed by atoms with Gasteiger partial charge in [-0.25, -0.2) is 9.97 Å². The third-order valence-corrected chi connectivity index (χ3v) is 2.64. The molecule has 0 spiro atoms. The quantitative estimate of drug-likeness (QED) is 0.905. The molecule has 0 fully saturated rings. The van der Waals surface area contributed by atoms with Crippen molar-refractivity contribution in [1.82, 2.24) is 9.97 Å². The Morgan fingerprint density at radius 2 is 1.86 bits per heavy atom. The zero-order chi connectivity index (χ0) is 15.5. The molecule has 1 aromatic heterocycles. The smallest absolute Gasteiger partial charge is 0.368 e. The maximum Gasteiger partial charge on any atom is 0.433 e. The number of nitrogens with zero attached hydrogens (tertiary/aromatic N) is 2. The topological polar surface area (TPSA) is 80.9 Å². The lowest BCUT2D eigenvalue weighted by Crippen LogP contribution is -2.28. The van der Waals surface area contributed by atoms with Crippen LogP contribution >= 0.6 is 0 Å². The molecule has 0 saturated carbocycles. The Bertz CT molecular complexity index is 631. The summed E-state index contributed by atoms with van der Waals surface area (Å²) in [6.45, 7) is 0. The third kappa shape index (κ3) is 3.68. The van der Waals surface area contributed by atoms with Crippen molar-refractivity contribution in [3.63, 3.8) is 0 Å². The molecule has 0 radical (unpaired) electrons. The van der Waals surface area contributed by atoms with Gasteiger partial charge in [0.05, 0.1) is 0 Å². The number of nitrogens with two attached hydrogens (primary N) is 1. The average Bonchev–Trinajstić information content (AvgIpc) is 2.45. The van der Waals surface area contributed by atoms with Gasteiger partial charge >= 0.3 is 6.18 Å². The molecular formula is C13H11F3N4O. The van der Waals surface area contributed by atoms with E-state index in [0.717, 1.165) is 12.3 Å². The fraction of sp³-hybridized carbons (Fsp3) is 0.154. The largest absolute Gasteiger partial charge is 0.433 e. The molecule has 0 saturated heterocycles. The minimum atomic E-state index is -4.59. The van der Waals surface area contributed by atoms with Crippen molar-refractivity contribution in [2.24, 2.45) is 5.73 Å². The van der Waals surface area contributed by atoms with E-state index in [9.17, 15) is 18.0 Å². The van der Waals surface area contributed by atoms with Crippen molar-refractivity contribution >= 4 is 11.9 Å². The molecule has 0 aliphatic heterocycles. The van der Waals surface area contributed by atoms with Gasteiger partial charge in [0.15, 0.2) is 0 Å². The molecule has 110 valence electrons. The summed E-state index contributed by atoms with van der Waals surface area (Å²) >= 11 is 0. The number of amides is 1. The average molecular weight is 296 g/mol. The van der Waals surface area contributed by atoms with E-state index in [2.05, 4.69) is 15.3 Å². The van der Waals surface area contributed by atoms with E-state index < -0.39 is 23.8 Å². The van der Waals surface area contributed by atoms with Crippen LogP contribution in [0.4, 0.5) is 19.1 Å². The SMILES string of the molecule is NC(=O)[C@H](Nc1nccc(C(F)(F)F)n1)c1ccccc1. The third-order valence-electron chi connectivity index (χ3n) is 2.64. The van der Waals surface area contributed by atoms with E-state index in [1.54, 1.807) is 30.3 Å². The number of carbonyl (C=O) groups is 1. The van der Waals surface area contributed by atoms with Gasteiger partial charge in [-0.15, -0.1) is 0 Å². The molecule has 1 heterocycles. The number of primary amides is 1. The molecule has 0 aliphatic rings. The molecule has 0 aliphatic carbocycles. The Kier molecular flexibility index (Phi) is 4.06. The number of anilines is 1. The highest BCUT2D eigenvalue weighted by molar-refractivity contribution is 5.83. The first-order valence-corrected chi connectivity index (χ1v) is 5.89. The molecule has 2 aromatic rings. The van der Waals surface area contributed by atoms with Crippen LogP contribution in [0.1, 0.15) is 17.3 Å². The van der Waals surface area contributed by atoms with Crippen LogP contribution in [0.2, 0.25) is 0 Å². The number of aromatic nitrogens is 2. The Morgan fingerprint density at radius 3 is 2.43 bits per heavy atom.